The molecule has 0 atom stereocenters. The summed E-state index contributed by atoms with van der Waals surface area (Å²) in [6.07, 6.45) is 0.946. The standard InChI is InChI=1S/C20H23N3O2S/c1-3-15-7-6-8-16(13-15)21-19(24)14-26-20-22-17-9-4-5-10-18(17)23(20)11-12-25-2/h4-10,13H,3,11-12,14H2,1-2H3,(H,21,24). The predicted molar refractivity (Wildman–Crippen MR) is 107 cm³/mol. The third-order valence-electron chi connectivity index (χ3n) is 4.09. The van der Waals surface area contributed by atoms with Crippen molar-refractivity contribution in [3.63, 3.8) is 0 Å². The molecule has 0 unspecified atom stereocenters. The Bertz CT molecular complexity index is 892. The van der Waals surface area contributed by atoms with Gasteiger partial charge < -0.3 is 14.6 Å². The molecule has 6 heteroatoms. The highest BCUT2D eigenvalue weighted by molar-refractivity contribution is 7.99. The van der Waals surface area contributed by atoms with Crippen LogP contribution in [0.25, 0.3) is 11.0 Å². The Kier molecular flexibility index (Phi) is 6.30. The van der Waals surface area contributed by atoms with Gasteiger partial charge in [0.05, 0.1) is 23.4 Å². The van der Waals surface area contributed by atoms with Gasteiger partial charge in [0.15, 0.2) is 5.16 Å². The smallest absolute Gasteiger partial charge is 0.234 e. The van der Waals surface area contributed by atoms with Crippen LogP contribution in [0.1, 0.15) is 12.5 Å². The average molecular weight is 369 g/mol. The van der Waals surface area contributed by atoms with Gasteiger partial charge in [-0.1, -0.05) is 43.0 Å². The minimum Gasteiger partial charge on any atom is -0.383 e. The zero-order valence-corrected chi connectivity index (χ0v) is 15.9. The lowest BCUT2D eigenvalue weighted by molar-refractivity contribution is -0.113. The Morgan fingerprint density at radius 2 is 2.08 bits per heavy atom. The van der Waals surface area contributed by atoms with Crippen molar-refractivity contribution < 1.29 is 9.53 Å². The molecule has 0 radical (unpaired) electrons. The minimum atomic E-state index is -0.0337. The number of imidazole rings is 1. The second kappa shape index (κ2) is 8.87. The molecule has 0 bridgehead atoms. The molecule has 0 aliphatic carbocycles. The van der Waals surface area contributed by atoms with Crippen LogP contribution in [0.3, 0.4) is 0 Å². The molecular weight excluding hydrogens is 346 g/mol. The summed E-state index contributed by atoms with van der Waals surface area (Å²) in [5, 5.41) is 3.80. The van der Waals surface area contributed by atoms with Crippen molar-refractivity contribution in [2.24, 2.45) is 0 Å². The number of nitrogens with one attached hydrogen (secondary N) is 1. The summed E-state index contributed by atoms with van der Waals surface area (Å²) in [6, 6.07) is 15.9. The van der Waals surface area contributed by atoms with E-state index in [2.05, 4.69) is 27.9 Å². The molecular formula is C20H23N3O2S. The third-order valence-corrected chi connectivity index (χ3v) is 5.07. The summed E-state index contributed by atoms with van der Waals surface area (Å²) >= 11 is 1.44. The first-order valence-corrected chi connectivity index (χ1v) is 9.65. The molecule has 3 aromatic rings. The lowest BCUT2D eigenvalue weighted by atomic mass is 10.1. The summed E-state index contributed by atoms with van der Waals surface area (Å²) in [7, 11) is 1.68. The molecule has 5 nitrogen and oxygen atoms in total. The van der Waals surface area contributed by atoms with Crippen molar-refractivity contribution in [2.45, 2.75) is 25.0 Å². The van der Waals surface area contributed by atoms with Crippen LogP contribution in [0.15, 0.2) is 53.7 Å². The Morgan fingerprint density at radius 3 is 2.88 bits per heavy atom. The van der Waals surface area contributed by atoms with Crippen molar-refractivity contribution in [3.8, 4) is 0 Å². The maximum Gasteiger partial charge on any atom is 0.234 e. The van der Waals surface area contributed by atoms with Gasteiger partial charge in [-0.05, 0) is 36.2 Å². The molecule has 0 spiro atoms. The molecule has 0 aliphatic rings. The van der Waals surface area contributed by atoms with Gasteiger partial charge in [-0.25, -0.2) is 4.98 Å². The second-order valence-corrected chi connectivity index (χ2v) is 6.86. The number of benzene rings is 2. The minimum absolute atomic E-state index is 0.0337. The number of hydrogen-bond donors (Lipinski definition) is 1. The predicted octanol–water partition coefficient (Wildman–Crippen LogP) is 3.98. The van der Waals surface area contributed by atoms with Crippen molar-refractivity contribution in [3.05, 3.63) is 54.1 Å². The first-order valence-electron chi connectivity index (χ1n) is 8.67. The van der Waals surface area contributed by atoms with Crippen LogP contribution in [0.2, 0.25) is 0 Å². The number of aromatic nitrogens is 2. The van der Waals surface area contributed by atoms with Gasteiger partial charge in [0, 0.05) is 19.3 Å². The topological polar surface area (TPSA) is 56.2 Å². The van der Waals surface area contributed by atoms with Crippen LogP contribution < -0.4 is 5.32 Å². The Balaban J connectivity index is 1.69. The van der Waals surface area contributed by atoms with E-state index >= 15 is 0 Å². The van der Waals surface area contributed by atoms with Gasteiger partial charge in [0.2, 0.25) is 5.91 Å². The molecule has 0 saturated carbocycles. The van der Waals surface area contributed by atoms with Crippen LogP contribution in [-0.4, -0.2) is 34.9 Å². The van der Waals surface area contributed by atoms with Gasteiger partial charge in [-0.15, -0.1) is 0 Å². The van der Waals surface area contributed by atoms with E-state index in [4.69, 9.17) is 4.74 Å². The van der Waals surface area contributed by atoms with Gasteiger partial charge in [0.1, 0.15) is 0 Å². The average Bonchev–Trinajstić information content (AvgIpc) is 3.02. The van der Waals surface area contributed by atoms with Crippen LogP contribution in [0, 0.1) is 0 Å². The third kappa shape index (κ3) is 4.45. The van der Waals surface area contributed by atoms with Crippen LogP contribution in [0.4, 0.5) is 5.69 Å². The summed E-state index contributed by atoms with van der Waals surface area (Å²) in [4.78, 5) is 17.0. The second-order valence-electron chi connectivity index (χ2n) is 5.92. The molecule has 0 saturated heterocycles. The number of para-hydroxylation sites is 2. The number of thioether (sulfide) groups is 1. The number of anilines is 1. The fourth-order valence-corrected chi connectivity index (χ4v) is 3.60. The van der Waals surface area contributed by atoms with E-state index in [1.807, 2.05) is 42.5 Å². The van der Waals surface area contributed by atoms with E-state index in [9.17, 15) is 4.79 Å². The van der Waals surface area contributed by atoms with Crippen molar-refractivity contribution >= 4 is 34.4 Å². The molecule has 26 heavy (non-hydrogen) atoms. The number of methoxy groups -OCH3 is 1. The highest BCUT2D eigenvalue weighted by Gasteiger charge is 2.13. The highest BCUT2D eigenvalue weighted by Crippen LogP contribution is 2.24. The van der Waals surface area contributed by atoms with E-state index < -0.39 is 0 Å². The van der Waals surface area contributed by atoms with E-state index in [1.54, 1.807) is 7.11 Å². The number of hydrogen-bond acceptors (Lipinski definition) is 4. The Morgan fingerprint density at radius 1 is 1.23 bits per heavy atom. The Hall–Kier alpha value is -2.31. The van der Waals surface area contributed by atoms with Crippen molar-refractivity contribution in [2.75, 3.05) is 24.8 Å². The van der Waals surface area contributed by atoms with E-state index in [0.717, 1.165) is 28.3 Å². The number of carbonyl (C=O) groups excluding carboxylic acids is 1. The zero-order valence-electron chi connectivity index (χ0n) is 15.1. The van der Waals surface area contributed by atoms with E-state index in [-0.39, 0.29) is 5.91 Å². The van der Waals surface area contributed by atoms with Crippen LogP contribution in [-0.2, 0) is 22.5 Å². The molecule has 1 N–H and O–H groups in total. The lowest BCUT2D eigenvalue weighted by Crippen LogP contribution is -2.15. The summed E-state index contributed by atoms with van der Waals surface area (Å²) in [6.45, 7) is 3.41. The molecule has 1 heterocycles. The fourth-order valence-electron chi connectivity index (χ4n) is 2.76. The van der Waals surface area contributed by atoms with Crippen LogP contribution >= 0.6 is 11.8 Å². The fraction of sp³-hybridized carbons (Fsp3) is 0.300. The van der Waals surface area contributed by atoms with Crippen LogP contribution in [0.5, 0.6) is 0 Å². The number of ether oxygens (including phenoxy) is 1. The number of nitrogens with zero attached hydrogens (tertiary/aromatic N) is 2. The monoisotopic (exact) mass is 369 g/mol. The number of rotatable bonds is 8. The number of amides is 1. The largest absolute Gasteiger partial charge is 0.383 e. The molecule has 1 amide bonds. The van der Waals surface area contributed by atoms with Gasteiger partial charge in [-0.2, -0.15) is 0 Å². The first-order chi connectivity index (χ1) is 12.7. The molecule has 2 aromatic carbocycles. The summed E-state index contributed by atoms with van der Waals surface area (Å²) < 4.78 is 7.31. The molecule has 0 aliphatic heterocycles. The molecule has 0 fully saturated rings. The number of carbonyl (C=O) groups is 1. The summed E-state index contributed by atoms with van der Waals surface area (Å²) in [5.74, 6) is 0.278. The molecule has 136 valence electrons. The lowest BCUT2D eigenvalue weighted by Gasteiger charge is -2.09. The first kappa shape index (κ1) is 18.5. The maximum absolute atomic E-state index is 12.3. The van der Waals surface area contributed by atoms with Gasteiger partial charge in [0.25, 0.3) is 0 Å². The number of fused-ring (bicyclic) bond motifs is 1. The number of aryl methyl sites for hydroxylation is 1. The van der Waals surface area contributed by atoms with E-state index in [0.29, 0.717) is 18.9 Å². The zero-order chi connectivity index (χ0) is 18.4. The molecule has 1 aromatic heterocycles. The maximum atomic E-state index is 12.3. The normalized spacial score (nSPS) is 11.0. The van der Waals surface area contributed by atoms with Gasteiger partial charge >= 0.3 is 0 Å². The van der Waals surface area contributed by atoms with Crippen molar-refractivity contribution in [1.82, 2.24) is 9.55 Å². The van der Waals surface area contributed by atoms with Gasteiger partial charge in [-0.3, -0.25) is 4.79 Å². The highest BCUT2D eigenvalue weighted by atomic mass is 32.2. The SMILES string of the molecule is CCc1cccc(NC(=O)CSc2nc3ccccc3n2CCOC)c1. The van der Waals surface area contributed by atoms with Crippen molar-refractivity contribution in [1.29, 1.82) is 0 Å². The quantitative estimate of drug-likeness (QED) is 0.610. The Labute approximate surface area is 157 Å². The molecule has 3 rings (SSSR count). The summed E-state index contributed by atoms with van der Waals surface area (Å²) in [5.41, 5.74) is 4.03. The van der Waals surface area contributed by atoms with E-state index in [1.165, 1.54) is 17.3 Å².